The summed E-state index contributed by atoms with van der Waals surface area (Å²) in [7, 11) is 0. The highest BCUT2D eigenvalue weighted by molar-refractivity contribution is 14.1. The molecule has 3 heteroatoms. The van der Waals surface area contributed by atoms with Gasteiger partial charge in [-0.15, -0.1) is 0 Å². The summed E-state index contributed by atoms with van der Waals surface area (Å²) in [5.74, 6) is -0.0411. The minimum atomic E-state index is -0.0411. The Bertz CT molecular complexity index is 431. The fourth-order valence-electron chi connectivity index (χ4n) is 2.76. The zero-order chi connectivity index (χ0) is 16.8. The topological polar surface area (TPSA) is 26.3 Å². The van der Waals surface area contributed by atoms with Gasteiger partial charge in [0, 0.05) is 9.99 Å². The number of rotatable bonds is 13. The van der Waals surface area contributed by atoms with E-state index in [4.69, 9.17) is 4.74 Å². The van der Waals surface area contributed by atoms with Gasteiger partial charge in [-0.2, -0.15) is 0 Å². The second-order valence-electron chi connectivity index (χ2n) is 6.12. The van der Waals surface area contributed by atoms with Gasteiger partial charge in [0.05, 0.1) is 6.61 Å². The van der Waals surface area contributed by atoms with Crippen LogP contribution in [0, 0.1) is 3.57 Å². The number of carbonyl (C=O) groups excluding carboxylic acids is 1. The quantitative estimate of drug-likeness (QED) is 0.209. The third-order valence-electron chi connectivity index (χ3n) is 4.04. The minimum absolute atomic E-state index is 0.0411. The highest BCUT2D eigenvalue weighted by Gasteiger charge is 2.00. The van der Waals surface area contributed by atoms with Crippen molar-refractivity contribution in [3.63, 3.8) is 0 Å². The van der Waals surface area contributed by atoms with E-state index in [1.807, 2.05) is 6.92 Å². The van der Waals surface area contributed by atoms with Crippen LogP contribution in [0.25, 0.3) is 0 Å². The Kier molecular flexibility index (Phi) is 12.3. The van der Waals surface area contributed by atoms with Gasteiger partial charge in [0.1, 0.15) is 0 Å². The predicted octanol–water partition coefficient (Wildman–Crippen LogP) is 6.30. The number of unbranched alkanes of at least 4 members (excludes halogenated alkanes) is 8. The molecule has 0 atom stereocenters. The molecule has 0 saturated carbocycles. The molecule has 0 aliphatic carbocycles. The summed E-state index contributed by atoms with van der Waals surface area (Å²) in [6.07, 6.45) is 13.2. The smallest absolute Gasteiger partial charge is 0.305 e. The molecule has 1 aromatic rings. The fourth-order valence-corrected chi connectivity index (χ4v) is 3.37. The average molecular weight is 430 g/mol. The first-order valence-electron chi connectivity index (χ1n) is 9.12. The Morgan fingerprint density at radius 2 is 1.57 bits per heavy atom. The van der Waals surface area contributed by atoms with E-state index in [1.165, 1.54) is 60.5 Å². The van der Waals surface area contributed by atoms with Gasteiger partial charge in [0.2, 0.25) is 0 Å². The standard InChI is InChI=1S/C20H31IO2/c1-2-23-20(22)16-11-9-7-5-3-4-6-8-10-13-18-14-12-15-19(21)17-18/h12,14-15,17H,2-11,13,16H2,1H3. The van der Waals surface area contributed by atoms with Crippen molar-refractivity contribution >= 4 is 28.6 Å². The summed E-state index contributed by atoms with van der Waals surface area (Å²) in [5.41, 5.74) is 1.47. The lowest BCUT2D eigenvalue weighted by Crippen LogP contribution is -2.03. The zero-order valence-corrected chi connectivity index (χ0v) is 16.6. The van der Waals surface area contributed by atoms with Crippen molar-refractivity contribution in [2.75, 3.05) is 6.61 Å². The van der Waals surface area contributed by atoms with E-state index in [9.17, 15) is 4.79 Å². The van der Waals surface area contributed by atoms with E-state index >= 15 is 0 Å². The molecule has 1 aromatic carbocycles. The first kappa shape index (κ1) is 20.5. The number of hydrogen-bond acceptors (Lipinski definition) is 2. The Morgan fingerprint density at radius 1 is 0.957 bits per heavy atom. The second kappa shape index (κ2) is 13.8. The summed E-state index contributed by atoms with van der Waals surface area (Å²) in [6.45, 7) is 2.36. The van der Waals surface area contributed by atoms with Crippen molar-refractivity contribution in [1.82, 2.24) is 0 Å². The van der Waals surface area contributed by atoms with Crippen molar-refractivity contribution in [1.29, 1.82) is 0 Å². The summed E-state index contributed by atoms with van der Waals surface area (Å²) < 4.78 is 6.26. The molecule has 0 aromatic heterocycles. The lowest BCUT2D eigenvalue weighted by Gasteiger charge is -2.04. The molecule has 0 N–H and O–H groups in total. The van der Waals surface area contributed by atoms with Crippen LogP contribution in [0.2, 0.25) is 0 Å². The number of ether oxygens (including phenoxy) is 1. The van der Waals surface area contributed by atoms with Gasteiger partial charge < -0.3 is 4.74 Å². The number of halogens is 1. The minimum Gasteiger partial charge on any atom is -0.466 e. The molecule has 0 radical (unpaired) electrons. The van der Waals surface area contributed by atoms with E-state index in [1.54, 1.807) is 0 Å². The average Bonchev–Trinajstić information content (AvgIpc) is 2.53. The van der Waals surface area contributed by atoms with Gasteiger partial charge in [0.25, 0.3) is 0 Å². The van der Waals surface area contributed by atoms with Crippen LogP contribution in [-0.2, 0) is 16.0 Å². The van der Waals surface area contributed by atoms with Crippen LogP contribution >= 0.6 is 22.6 Å². The fraction of sp³-hybridized carbons (Fsp3) is 0.650. The molecule has 0 amide bonds. The first-order chi connectivity index (χ1) is 11.2. The Morgan fingerprint density at radius 3 is 2.17 bits per heavy atom. The highest BCUT2D eigenvalue weighted by atomic mass is 127. The molecule has 0 saturated heterocycles. The summed E-state index contributed by atoms with van der Waals surface area (Å²) >= 11 is 2.38. The number of carbonyl (C=O) groups is 1. The van der Waals surface area contributed by atoms with Gasteiger partial charge in [-0.25, -0.2) is 0 Å². The highest BCUT2D eigenvalue weighted by Crippen LogP contribution is 2.14. The molecule has 0 aliphatic heterocycles. The lowest BCUT2D eigenvalue weighted by molar-refractivity contribution is -0.143. The number of benzene rings is 1. The maximum absolute atomic E-state index is 11.2. The third kappa shape index (κ3) is 11.6. The Labute approximate surface area is 155 Å². The molecule has 0 bridgehead atoms. The molecule has 0 aliphatic rings. The largest absolute Gasteiger partial charge is 0.466 e. The van der Waals surface area contributed by atoms with Gasteiger partial charge in [-0.05, 0) is 66.5 Å². The van der Waals surface area contributed by atoms with Crippen molar-refractivity contribution in [3.05, 3.63) is 33.4 Å². The van der Waals surface area contributed by atoms with Crippen molar-refractivity contribution in [2.45, 2.75) is 77.6 Å². The van der Waals surface area contributed by atoms with Crippen molar-refractivity contribution < 1.29 is 9.53 Å². The van der Waals surface area contributed by atoms with Crippen LogP contribution in [0.1, 0.15) is 76.7 Å². The molecule has 23 heavy (non-hydrogen) atoms. The molecular formula is C20H31IO2. The van der Waals surface area contributed by atoms with Crippen LogP contribution in [0.15, 0.2) is 24.3 Å². The third-order valence-corrected chi connectivity index (χ3v) is 4.71. The normalized spacial score (nSPS) is 10.7. The maximum Gasteiger partial charge on any atom is 0.305 e. The molecular weight excluding hydrogens is 399 g/mol. The molecule has 0 heterocycles. The van der Waals surface area contributed by atoms with E-state index in [2.05, 4.69) is 46.9 Å². The molecule has 0 unspecified atom stereocenters. The molecule has 0 fully saturated rings. The lowest BCUT2D eigenvalue weighted by atomic mass is 10.0. The maximum atomic E-state index is 11.2. The predicted molar refractivity (Wildman–Crippen MR) is 106 cm³/mol. The van der Waals surface area contributed by atoms with Gasteiger partial charge in [-0.3, -0.25) is 4.79 Å². The summed E-state index contributed by atoms with van der Waals surface area (Å²) in [5, 5.41) is 0. The first-order valence-corrected chi connectivity index (χ1v) is 10.2. The Hall–Kier alpha value is -0.580. The zero-order valence-electron chi connectivity index (χ0n) is 14.5. The van der Waals surface area contributed by atoms with Gasteiger partial charge in [-0.1, -0.05) is 57.1 Å². The molecule has 0 spiro atoms. The monoisotopic (exact) mass is 430 g/mol. The van der Waals surface area contributed by atoms with Crippen LogP contribution in [-0.4, -0.2) is 12.6 Å². The van der Waals surface area contributed by atoms with Gasteiger partial charge >= 0.3 is 5.97 Å². The number of hydrogen-bond donors (Lipinski definition) is 0. The van der Waals surface area contributed by atoms with Crippen molar-refractivity contribution in [3.8, 4) is 0 Å². The number of aryl methyl sites for hydroxylation is 1. The SMILES string of the molecule is CCOC(=O)CCCCCCCCCCCc1cccc(I)c1. The number of esters is 1. The Balaban J connectivity index is 1.84. The summed E-state index contributed by atoms with van der Waals surface area (Å²) in [6, 6.07) is 8.82. The molecule has 1 rings (SSSR count). The molecule has 130 valence electrons. The van der Waals surface area contributed by atoms with Crippen LogP contribution in [0.3, 0.4) is 0 Å². The van der Waals surface area contributed by atoms with E-state index in [-0.39, 0.29) is 5.97 Å². The summed E-state index contributed by atoms with van der Waals surface area (Å²) in [4.78, 5) is 11.2. The van der Waals surface area contributed by atoms with Crippen LogP contribution < -0.4 is 0 Å². The second-order valence-corrected chi connectivity index (χ2v) is 7.36. The van der Waals surface area contributed by atoms with Crippen LogP contribution in [0.4, 0.5) is 0 Å². The van der Waals surface area contributed by atoms with E-state index in [0.29, 0.717) is 13.0 Å². The van der Waals surface area contributed by atoms with E-state index in [0.717, 1.165) is 12.8 Å². The van der Waals surface area contributed by atoms with Crippen LogP contribution in [0.5, 0.6) is 0 Å². The molecule has 2 nitrogen and oxygen atoms in total. The van der Waals surface area contributed by atoms with Crippen molar-refractivity contribution in [2.24, 2.45) is 0 Å². The van der Waals surface area contributed by atoms with Gasteiger partial charge in [0.15, 0.2) is 0 Å². The van der Waals surface area contributed by atoms with E-state index < -0.39 is 0 Å².